The van der Waals surface area contributed by atoms with Crippen LogP contribution in [0.15, 0.2) is 30.3 Å². The number of primary amides is 1. The third kappa shape index (κ3) is 4.03. The number of hydrogen-bond donors (Lipinski definition) is 2. The molecular formula is C15H21N3O3. The first kappa shape index (κ1) is 15.5. The third-order valence-corrected chi connectivity index (χ3v) is 3.42. The quantitative estimate of drug-likeness (QED) is 0.871. The molecule has 0 radical (unpaired) electrons. The molecule has 3 N–H and O–H groups in total. The zero-order chi connectivity index (χ0) is 15.4. The number of nitrogens with one attached hydrogen (secondary N) is 1. The summed E-state index contributed by atoms with van der Waals surface area (Å²) in [5.74, 6) is -0.407. The molecule has 0 unspecified atom stereocenters. The third-order valence-electron chi connectivity index (χ3n) is 3.42. The summed E-state index contributed by atoms with van der Waals surface area (Å²) in [7, 11) is 0. The van der Waals surface area contributed by atoms with E-state index in [0.29, 0.717) is 13.1 Å². The Morgan fingerprint density at radius 2 is 1.81 bits per heavy atom. The van der Waals surface area contributed by atoms with Gasteiger partial charge in [-0.05, 0) is 19.4 Å². The first-order valence-corrected chi connectivity index (χ1v) is 7.02. The number of amides is 3. The summed E-state index contributed by atoms with van der Waals surface area (Å²) in [6.07, 6.45) is 0.0580. The van der Waals surface area contributed by atoms with Crippen molar-refractivity contribution in [2.24, 2.45) is 5.73 Å². The first-order chi connectivity index (χ1) is 9.97. The van der Waals surface area contributed by atoms with Crippen molar-refractivity contribution in [1.82, 2.24) is 10.2 Å². The molecule has 0 bridgehead atoms. The van der Waals surface area contributed by atoms with E-state index in [2.05, 4.69) is 5.32 Å². The van der Waals surface area contributed by atoms with Gasteiger partial charge in [0.05, 0.1) is 12.2 Å². The van der Waals surface area contributed by atoms with Crippen molar-refractivity contribution in [3.05, 3.63) is 35.9 Å². The van der Waals surface area contributed by atoms with E-state index >= 15 is 0 Å². The highest BCUT2D eigenvalue weighted by Crippen LogP contribution is 2.25. The highest BCUT2D eigenvalue weighted by Gasteiger charge is 2.33. The van der Waals surface area contributed by atoms with Gasteiger partial charge < -0.3 is 10.5 Å². The van der Waals surface area contributed by atoms with Crippen LogP contribution in [0.1, 0.15) is 25.5 Å². The van der Waals surface area contributed by atoms with Gasteiger partial charge in [0.15, 0.2) is 0 Å². The van der Waals surface area contributed by atoms with E-state index < -0.39 is 18.0 Å². The fourth-order valence-corrected chi connectivity index (χ4v) is 2.78. The Morgan fingerprint density at radius 1 is 1.24 bits per heavy atom. The number of carbonyl (C=O) groups is 2. The number of ether oxygens (including phenoxy) is 1. The average Bonchev–Trinajstić information content (AvgIpc) is 2.38. The van der Waals surface area contributed by atoms with E-state index in [4.69, 9.17) is 10.5 Å². The molecule has 114 valence electrons. The van der Waals surface area contributed by atoms with Crippen LogP contribution in [-0.4, -0.2) is 42.1 Å². The van der Waals surface area contributed by atoms with Gasteiger partial charge in [-0.15, -0.1) is 0 Å². The summed E-state index contributed by atoms with van der Waals surface area (Å²) in [4.78, 5) is 25.4. The smallest absolute Gasteiger partial charge is 0.318 e. The molecule has 2 rings (SSSR count). The minimum Gasteiger partial charge on any atom is -0.373 e. The summed E-state index contributed by atoms with van der Waals surface area (Å²) >= 11 is 0. The first-order valence-electron chi connectivity index (χ1n) is 7.02. The molecule has 3 amide bonds. The molecule has 0 spiro atoms. The number of urea groups is 1. The number of nitrogens with two attached hydrogens (primary N) is 1. The number of carbonyl (C=O) groups excluding carboxylic acids is 2. The van der Waals surface area contributed by atoms with Gasteiger partial charge in [0.25, 0.3) is 0 Å². The van der Waals surface area contributed by atoms with Crippen molar-refractivity contribution in [3.63, 3.8) is 0 Å². The van der Waals surface area contributed by atoms with Crippen LogP contribution >= 0.6 is 0 Å². The molecule has 6 heteroatoms. The molecule has 0 aliphatic carbocycles. The van der Waals surface area contributed by atoms with Gasteiger partial charge in [0, 0.05) is 13.1 Å². The zero-order valence-electron chi connectivity index (χ0n) is 12.3. The minimum absolute atomic E-state index is 0.0290. The lowest BCUT2D eigenvalue weighted by Gasteiger charge is -2.39. The average molecular weight is 291 g/mol. The Hall–Kier alpha value is -1.92. The number of nitrogens with zero attached hydrogens (tertiary/aromatic N) is 1. The van der Waals surface area contributed by atoms with Gasteiger partial charge in [-0.1, -0.05) is 30.3 Å². The molecule has 3 atom stereocenters. The molecule has 0 aromatic heterocycles. The van der Waals surface area contributed by atoms with Crippen LogP contribution < -0.4 is 11.1 Å². The number of imide groups is 1. The van der Waals surface area contributed by atoms with Crippen molar-refractivity contribution in [2.75, 3.05) is 13.1 Å². The van der Waals surface area contributed by atoms with Gasteiger partial charge in [-0.2, -0.15) is 0 Å². The maximum absolute atomic E-state index is 12.4. The van der Waals surface area contributed by atoms with Gasteiger partial charge in [0.1, 0.15) is 6.04 Å². The standard InChI is InChI=1S/C15H21N3O3/c1-10-8-18(9-11(2)21-10)13(14(19)17-15(16)20)12-6-4-3-5-7-12/h3-7,10-11,13H,8-9H2,1-2H3,(H3,16,17,19,20)/t10-,11-,13-/m0/s1. The highest BCUT2D eigenvalue weighted by atomic mass is 16.5. The fourth-order valence-electron chi connectivity index (χ4n) is 2.78. The van der Waals surface area contributed by atoms with E-state index in [1.807, 2.05) is 49.1 Å². The van der Waals surface area contributed by atoms with E-state index in [1.54, 1.807) is 0 Å². The van der Waals surface area contributed by atoms with Crippen LogP contribution in [0.25, 0.3) is 0 Å². The van der Waals surface area contributed by atoms with Crippen molar-refractivity contribution in [2.45, 2.75) is 32.1 Å². The van der Waals surface area contributed by atoms with E-state index in [0.717, 1.165) is 5.56 Å². The Balaban J connectivity index is 2.27. The van der Waals surface area contributed by atoms with Crippen LogP contribution in [0.2, 0.25) is 0 Å². The van der Waals surface area contributed by atoms with Gasteiger partial charge in [-0.3, -0.25) is 15.0 Å². The van der Waals surface area contributed by atoms with E-state index in [1.165, 1.54) is 0 Å². The van der Waals surface area contributed by atoms with Crippen LogP contribution in [0, 0.1) is 0 Å². The Labute approximate surface area is 124 Å². The molecule has 1 aliphatic heterocycles. The molecule has 1 fully saturated rings. The summed E-state index contributed by atoms with van der Waals surface area (Å²) in [5, 5.41) is 2.19. The maximum atomic E-state index is 12.4. The zero-order valence-corrected chi connectivity index (χ0v) is 12.3. The molecule has 0 saturated carbocycles. The largest absolute Gasteiger partial charge is 0.373 e. The maximum Gasteiger partial charge on any atom is 0.318 e. The second-order valence-electron chi connectivity index (χ2n) is 5.38. The van der Waals surface area contributed by atoms with Crippen molar-refractivity contribution in [3.8, 4) is 0 Å². The molecule has 1 saturated heterocycles. The Bertz CT molecular complexity index is 496. The summed E-state index contributed by atoms with van der Waals surface area (Å²) in [6, 6.07) is 7.98. The fraction of sp³-hybridized carbons (Fsp3) is 0.467. The predicted octanol–water partition coefficient (Wildman–Crippen LogP) is 1.03. The van der Waals surface area contributed by atoms with Crippen LogP contribution in [-0.2, 0) is 9.53 Å². The lowest BCUT2D eigenvalue weighted by molar-refractivity contribution is -0.132. The monoisotopic (exact) mass is 291 g/mol. The van der Waals surface area contributed by atoms with Crippen molar-refractivity contribution >= 4 is 11.9 Å². The molecule has 1 aliphatic rings. The molecule has 21 heavy (non-hydrogen) atoms. The number of morpholine rings is 1. The lowest BCUT2D eigenvalue weighted by Crippen LogP contribution is -2.52. The molecule has 6 nitrogen and oxygen atoms in total. The van der Waals surface area contributed by atoms with Gasteiger partial charge >= 0.3 is 6.03 Å². The van der Waals surface area contributed by atoms with Gasteiger partial charge in [-0.25, -0.2) is 4.79 Å². The molecule has 1 heterocycles. The van der Waals surface area contributed by atoms with Crippen molar-refractivity contribution < 1.29 is 14.3 Å². The minimum atomic E-state index is -0.838. The summed E-state index contributed by atoms with van der Waals surface area (Å²) in [5.41, 5.74) is 5.91. The number of rotatable bonds is 3. The molecule has 1 aromatic rings. The van der Waals surface area contributed by atoms with Crippen molar-refractivity contribution in [1.29, 1.82) is 0 Å². The van der Waals surface area contributed by atoms with Gasteiger partial charge in [0.2, 0.25) is 5.91 Å². The summed E-state index contributed by atoms with van der Waals surface area (Å²) < 4.78 is 5.70. The predicted molar refractivity (Wildman–Crippen MR) is 78.5 cm³/mol. The lowest BCUT2D eigenvalue weighted by atomic mass is 10.0. The van der Waals surface area contributed by atoms with Crippen LogP contribution in [0.4, 0.5) is 4.79 Å². The summed E-state index contributed by atoms with van der Waals surface area (Å²) in [6.45, 7) is 5.18. The molecule has 1 aromatic carbocycles. The Kier molecular flexibility index (Phi) is 4.93. The number of benzene rings is 1. The normalized spacial score (nSPS) is 24.3. The van der Waals surface area contributed by atoms with Crippen LogP contribution in [0.5, 0.6) is 0 Å². The van der Waals surface area contributed by atoms with E-state index in [-0.39, 0.29) is 12.2 Å². The SMILES string of the molecule is C[C@H]1CN([C@H](C(=O)NC(N)=O)c2ccccc2)C[C@H](C)O1. The Morgan fingerprint density at radius 3 is 2.33 bits per heavy atom. The molecular weight excluding hydrogens is 270 g/mol. The van der Waals surface area contributed by atoms with Crippen LogP contribution in [0.3, 0.4) is 0 Å². The second kappa shape index (κ2) is 6.69. The van der Waals surface area contributed by atoms with E-state index in [9.17, 15) is 9.59 Å². The number of hydrogen-bond acceptors (Lipinski definition) is 4. The second-order valence-corrected chi connectivity index (χ2v) is 5.38. The highest BCUT2D eigenvalue weighted by molar-refractivity contribution is 5.96. The topological polar surface area (TPSA) is 84.7 Å².